The number of carbonyl (C=O) groups is 1. The third-order valence-electron chi connectivity index (χ3n) is 5.10. The van der Waals surface area contributed by atoms with E-state index in [2.05, 4.69) is 42.4 Å². The molecule has 4 aromatic rings. The van der Waals surface area contributed by atoms with Crippen LogP contribution in [0.1, 0.15) is 27.0 Å². The smallest absolute Gasteiger partial charge is 0.275 e. The molecule has 1 amide bonds. The Morgan fingerprint density at radius 2 is 1.53 bits per heavy atom. The van der Waals surface area contributed by atoms with Crippen LogP contribution in [0.15, 0.2) is 105 Å². The number of amides is 1. The van der Waals surface area contributed by atoms with Crippen molar-refractivity contribution in [1.29, 1.82) is 0 Å². The van der Waals surface area contributed by atoms with Crippen LogP contribution in [0, 0.1) is 0 Å². The Labute approximate surface area is 231 Å². The van der Waals surface area contributed by atoms with Crippen LogP contribution in [0.3, 0.4) is 0 Å². The lowest BCUT2D eigenvalue weighted by atomic mass is 10.2. The lowest BCUT2D eigenvalue weighted by Gasteiger charge is -2.12. The predicted octanol–water partition coefficient (Wildman–Crippen LogP) is 7.79. The summed E-state index contributed by atoms with van der Waals surface area (Å²) in [6, 6.07) is 28.1. The average molecular weight is 629 g/mol. The van der Waals surface area contributed by atoms with Crippen molar-refractivity contribution in [1.82, 2.24) is 5.43 Å². The first-order valence-electron chi connectivity index (χ1n) is 11.0. The minimum Gasteiger partial charge on any atom is -0.488 e. The van der Waals surface area contributed by atoms with Crippen LogP contribution < -0.4 is 14.9 Å². The Kier molecular flexibility index (Phi) is 9.17. The van der Waals surface area contributed by atoms with Crippen LogP contribution in [0.4, 0.5) is 0 Å². The second kappa shape index (κ2) is 12.7. The Balaban J connectivity index is 1.38. The van der Waals surface area contributed by atoms with Gasteiger partial charge in [-0.25, -0.2) is 5.43 Å². The van der Waals surface area contributed by atoms with Crippen molar-refractivity contribution < 1.29 is 14.3 Å². The molecule has 0 spiro atoms. The zero-order valence-electron chi connectivity index (χ0n) is 19.0. The lowest BCUT2D eigenvalue weighted by Crippen LogP contribution is -2.18. The molecule has 0 atom stereocenters. The van der Waals surface area contributed by atoms with Crippen molar-refractivity contribution in [2.24, 2.45) is 5.10 Å². The number of hydrogen-bond acceptors (Lipinski definition) is 4. The minimum atomic E-state index is -0.368. The number of hydrogen-bond donors (Lipinski definition) is 1. The van der Waals surface area contributed by atoms with Crippen LogP contribution in [0.25, 0.3) is 0 Å². The predicted molar refractivity (Wildman–Crippen MR) is 150 cm³/mol. The standard InChI is InChI=1S/C28H21Br2ClN2O3/c29-23-14-20(15-24(30)27(23)36-18-21-10-4-6-12-25(21)31)16-32-33-28(34)22-11-5-7-13-26(22)35-17-19-8-2-1-3-9-19/h1-16H,17-18H2,(H,33,34)/b32-16+. The van der Waals surface area contributed by atoms with Crippen LogP contribution in [0.5, 0.6) is 11.5 Å². The third kappa shape index (κ3) is 6.97. The summed E-state index contributed by atoms with van der Waals surface area (Å²) in [7, 11) is 0. The van der Waals surface area contributed by atoms with E-state index in [0.29, 0.717) is 35.3 Å². The Hall–Kier alpha value is -3.13. The quantitative estimate of drug-likeness (QED) is 0.152. The zero-order chi connectivity index (χ0) is 25.3. The van der Waals surface area contributed by atoms with Gasteiger partial charge in [-0.3, -0.25) is 4.79 Å². The van der Waals surface area contributed by atoms with Crippen molar-refractivity contribution in [3.05, 3.63) is 127 Å². The van der Waals surface area contributed by atoms with E-state index in [1.807, 2.05) is 72.8 Å². The molecule has 0 aromatic heterocycles. The summed E-state index contributed by atoms with van der Waals surface area (Å²) in [5.74, 6) is 0.757. The van der Waals surface area contributed by atoms with Gasteiger partial charge in [0.05, 0.1) is 20.7 Å². The largest absolute Gasteiger partial charge is 0.488 e. The van der Waals surface area contributed by atoms with Gasteiger partial charge in [-0.1, -0.05) is 72.3 Å². The minimum absolute atomic E-state index is 0.326. The molecule has 4 rings (SSSR count). The maximum atomic E-state index is 12.7. The van der Waals surface area contributed by atoms with E-state index in [1.165, 1.54) is 0 Å². The fourth-order valence-corrected chi connectivity index (χ4v) is 4.94. The first kappa shape index (κ1) is 25.9. The van der Waals surface area contributed by atoms with Gasteiger partial charge in [-0.05, 0) is 73.3 Å². The number of nitrogens with zero attached hydrogens (tertiary/aromatic N) is 1. The fourth-order valence-electron chi connectivity index (χ4n) is 3.30. The van der Waals surface area contributed by atoms with E-state index in [4.69, 9.17) is 21.1 Å². The molecule has 4 aromatic carbocycles. The van der Waals surface area contributed by atoms with Crippen LogP contribution >= 0.6 is 43.5 Å². The molecule has 0 saturated heterocycles. The molecule has 1 N–H and O–H groups in total. The second-order valence-electron chi connectivity index (χ2n) is 7.66. The number of nitrogens with one attached hydrogen (secondary N) is 1. The molecular weight excluding hydrogens is 608 g/mol. The Bertz CT molecular complexity index is 1360. The number of benzene rings is 4. The molecule has 0 unspecified atom stereocenters. The molecule has 182 valence electrons. The number of rotatable bonds is 9. The van der Waals surface area contributed by atoms with Gasteiger partial charge < -0.3 is 9.47 Å². The van der Waals surface area contributed by atoms with Gasteiger partial charge in [-0.15, -0.1) is 0 Å². The number of carbonyl (C=O) groups excluding carboxylic acids is 1. The van der Waals surface area contributed by atoms with Gasteiger partial charge in [0.2, 0.25) is 0 Å². The summed E-state index contributed by atoms with van der Waals surface area (Å²) in [6.45, 7) is 0.688. The summed E-state index contributed by atoms with van der Waals surface area (Å²) in [5, 5.41) is 4.76. The molecule has 5 nitrogen and oxygen atoms in total. The second-order valence-corrected chi connectivity index (χ2v) is 9.78. The maximum Gasteiger partial charge on any atom is 0.275 e. The highest BCUT2D eigenvalue weighted by Gasteiger charge is 2.13. The number of halogens is 3. The van der Waals surface area contributed by atoms with E-state index < -0.39 is 0 Å². The molecule has 0 fully saturated rings. The number of hydrazone groups is 1. The summed E-state index contributed by atoms with van der Waals surface area (Å²) < 4.78 is 13.3. The van der Waals surface area contributed by atoms with Crippen LogP contribution in [0.2, 0.25) is 5.02 Å². The molecule has 0 aliphatic heterocycles. The van der Waals surface area contributed by atoms with Crippen LogP contribution in [-0.2, 0) is 13.2 Å². The van der Waals surface area contributed by atoms with Crippen molar-refractivity contribution in [2.45, 2.75) is 13.2 Å². The summed E-state index contributed by atoms with van der Waals surface area (Å²) in [5.41, 5.74) is 5.63. The summed E-state index contributed by atoms with van der Waals surface area (Å²) in [4.78, 5) is 12.7. The molecular formula is C28H21Br2ClN2O3. The summed E-state index contributed by atoms with van der Waals surface area (Å²) >= 11 is 13.3. The summed E-state index contributed by atoms with van der Waals surface area (Å²) in [6.07, 6.45) is 1.55. The maximum absolute atomic E-state index is 12.7. The fraction of sp³-hybridized carbons (Fsp3) is 0.0714. The van der Waals surface area contributed by atoms with E-state index >= 15 is 0 Å². The lowest BCUT2D eigenvalue weighted by molar-refractivity contribution is 0.0950. The molecule has 0 aliphatic carbocycles. The highest BCUT2D eigenvalue weighted by molar-refractivity contribution is 9.11. The molecule has 0 bridgehead atoms. The first-order valence-corrected chi connectivity index (χ1v) is 12.9. The molecule has 0 aliphatic rings. The van der Waals surface area contributed by atoms with Crippen molar-refractivity contribution in [3.8, 4) is 11.5 Å². The van der Waals surface area contributed by atoms with Crippen molar-refractivity contribution in [3.63, 3.8) is 0 Å². The van der Waals surface area contributed by atoms with Crippen LogP contribution in [-0.4, -0.2) is 12.1 Å². The third-order valence-corrected chi connectivity index (χ3v) is 6.65. The van der Waals surface area contributed by atoms with Gasteiger partial charge in [0, 0.05) is 10.6 Å². The topological polar surface area (TPSA) is 59.9 Å². The number of para-hydroxylation sites is 1. The zero-order valence-corrected chi connectivity index (χ0v) is 22.9. The Morgan fingerprint density at radius 3 is 2.28 bits per heavy atom. The van der Waals surface area contributed by atoms with Crippen molar-refractivity contribution in [2.75, 3.05) is 0 Å². The van der Waals surface area contributed by atoms with Crippen molar-refractivity contribution >= 4 is 55.6 Å². The van der Waals surface area contributed by atoms with Gasteiger partial charge >= 0.3 is 0 Å². The molecule has 0 heterocycles. The molecule has 0 saturated carbocycles. The van der Waals surface area contributed by atoms with E-state index in [1.54, 1.807) is 24.4 Å². The molecule has 8 heteroatoms. The van der Waals surface area contributed by atoms with Gasteiger partial charge in [0.15, 0.2) is 0 Å². The monoisotopic (exact) mass is 626 g/mol. The van der Waals surface area contributed by atoms with E-state index in [-0.39, 0.29) is 5.91 Å². The highest BCUT2D eigenvalue weighted by atomic mass is 79.9. The molecule has 36 heavy (non-hydrogen) atoms. The van der Waals surface area contributed by atoms with Gasteiger partial charge in [0.1, 0.15) is 24.7 Å². The van der Waals surface area contributed by atoms with E-state index in [9.17, 15) is 4.79 Å². The number of ether oxygens (including phenoxy) is 2. The highest BCUT2D eigenvalue weighted by Crippen LogP contribution is 2.35. The normalized spacial score (nSPS) is 10.9. The van der Waals surface area contributed by atoms with Gasteiger partial charge in [0.25, 0.3) is 5.91 Å². The van der Waals surface area contributed by atoms with E-state index in [0.717, 1.165) is 25.6 Å². The van der Waals surface area contributed by atoms with Gasteiger partial charge in [-0.2, -0.15) is 5.10 Å². The molecule has 0 radical (unpaired) electrons. The first-order chi connectivity index (χ1) is 17.5. The SMILES string of the molecule is O=C(N/N=C/c1cc(Br)c(OCc2ccccc2Cl)c(Br)c1)c1ccccc1OCc1ccccc1. The average Bonchev–Trinajstić information content (AvgIpc) is 2.88. The Morgan fingerprint density at radius 1 is 0.861 bits per heavy atom.